The zero-order valence-corrected chi connectivity index (χ0v) is 11.3. The van der Waals surface area contributed by atoms with Gasteiger partial charge in [0.25, 0.3) is 0 Å². The molecule has 1 aliphatic rings. The number of rotatable bonds is 4. The molecule has 2 aromatic heterocycles. The van der Waals surface area contributed by atoms with Gasteiger partial charge in [0.1, 0.15) is 11.6 Å². The van der Waals surface area contributed by atoms with Crippen molar-refractivity contribution in [3.05, 3.63) is 53.7 Å². The first-order valence-corrected chi connectivity index (χ1v) is 6.98. The molecular formula is C16H14N2O3. The van der Waals surface area contributed by atoms with Gasteiger partial charge in [0.15, 0.2) is 0 Å². The van der Waals surface area contributed by atoms with Crippen molar-refractivity contribution in [3.63, 3.8) is 0 Å². The van der Waals surface area contributed by atoms with Gasteiger partial charge in [-0.15, -0.1) is 0 Å². The number of hydrogen-bond acceptors (Lipinski definition) is 3. The molecule has 0 unspecified atom stereocenters. The average Bonchev–Trinajstić information content (AvgIpc) is 3.07. The average molecular weight is 282 g/mol. The predicted molar refractivity (Wildman–Crippen MR) is 76.5 cm³/mol. The maximum atomic E-state index is 11.2. The molecule has 0 amide bonds. The fraction of sp³-hybridized carbons (Fsp3) is 0.250. The van der Waals surface area contributed by atoms with Crippen LogP contribution in [0.1, 0.15) is 40.7 Å². The fourth-order valence-electron chi connectivity index (χ4n) is 2.65. The van der Waals surface area contributed by atoms with E-state index in [1.54, 1.807) is 24.5 Å². The summed E-state index contributed by atoms with van der Waals surface area (Å²) in [5.41, 5.74) is 1.98. The number of imidazole rings is 1. The standard InChI is InChI=1S/C16H14N2O3/c19-16(20)11-5-6-13-14(8-11)18(9-12-2-1-7-21-12)15(17-13)10-3-4-10/h1-2,5-8,10H,3-4,9H2,(H,19,20). The Hall–Kier alpha value is -2.56. The van der Waals surface area contributed by atoms with E-state index in [9.17, 15) is 9.90 Å². The molecule has 5 heteroatoms. The minimum absolute atomic E-state index is 0.283. The van der Waals surface area contributed by atoms with Gasteiger partial charge in [-0.2, -0.15) is 0 Å². The summed E-state index contributed by atoms with van der Waals surface area (Å²) in [6.45, 7) is 0.582. The zero-order chi connectivity index (χ0) is 14.4. The van der Waals surface area contributed by atoms with Crippen LogP contribution in [0.15, 0.2) is 41.0 Å². The van der Waals surface area contributed by atoms with Crippen molar-refractivity contribution in [2.24, 2.45) is 0 Å². The van der Waals surface area contributed by atoms with Crippen LogP contribution < -0.4 is 0 Å². The number of aromatic carboxylic acids is 1. The number of benzene rings is 1. The third kappa shape index (κ3) is 2.11. The minimum Gasteiger partial charge on any atom is -0.478 e. The van der Waals surface area contributed by atoms with E-state index in [-0.39, 0.29) is 5.56 Å². The SMILES string of the molecule is O=C(O)c1ccc2nc(C3CC3)n(Cc3ccco3)c2c1. The van der Waals surface area contributed by atoms with Gasteiger partial charge >= 0.3 is 5.97 Å². The van der Waals surface area contributed by atoms with E-state index in [1.165, 1.54) is 0 Å². The van der Waals surface area contributed by atoms with Crippen LogP contribution in [0.2, 0.25) is 0 Å². The van der Waals surface area contributed by atoms with Crippen LogP contribution >= 0.6 is 0 Å². The Kier molecular flexibility index (Phi) is 2.60. The van der Waals surface area contributed by atoms with Gasteiger partial charge in [0.05, 0.1) is 29.4 Å². The van der Waals surface area contributed by atoms with Gasteiger partial charge in [-0.1, -0.05) is 0 Å². The molecule has 5 nitrogen and oxygen atoms in total. The van der Waals surface area contributed by atoms with E-state index in [0.717, 1.165) is 35.5 Å². The fourth-order valence-corrected chi connectivity index (χ4v) is 2.65. The molecule has 0 radical (unpaired) electrons. The Bertz CT molecular complexity index is 814. The number of nitrogens with zero attached hydrogens (tertiary/aromatic N) is 2. The van der Waals surface area contributed by atoms with Crippen LogP contribution in [0.4, 0.5) is 0 Å². The number of carboxylic acid groups (broad SMARTS) is 1. The van der Waals surface area contributed by atoms with Crippen LogP contribution in [0, 0.1) is 0 Å². The third-order valence-corrected chi connectivity index (χ3v) is 3.86. The lowest BCUT2D eigenvalue weighted by Gasteiger charge is -2.07. The molecule has 1 fully saturated rings. The van der Waals surface area contributed by atoms with E-state index < -0.39 is 5.97 Å². The van der Waals surface area contributed by atoms with E-state index in [1.807, 2.05) is 12.1 Å². The van der Waals surface area contributed by atoms with Gasteiger partial charge < -0.3 is 14.1 Å². The quantitative estimate of drug-likeness (QED) is 0.797. The molecule has 1 aliphatic carbocycles. The number of fused-ring (bicyclic) bond motifs is 1. The Morgan fingerprint density at radius 2 is 2.24 bits per heavy atom. The van der Waals surface area contributed by atoms with Gasteiger partial charge in [-0.25, -0.2) is 9.78 Å². The summed E-state index contributed by atoms with van der Waals surface area (Å²) in [6, 6.07) is 8.85. The van der Waals surface area contributed by atoms with Crippen LogP contribution in [0.3, 0.4) is 0 Å². The summed E-state index contributed by atoms with van der Waals surface area (Å²) in [5.74, 6) is 1.44. The van der Waals surface area contributed by atoms with Crippen molar-refractivity contribution in [1.29, 1.82) is 0 Å². The second-order valence-corrected chi connectivity index (χ2v) is 5.42. The topological polar surface area (TPSA) is 68.3 Å². The summed E-state index contributed by atoms with van der Waals surface area (Å²) in [4.78, 5) is 15.9. The molecule has 0 bridgehead atoms. The van der Waals surface area contributed by atoms with Gasteiger partial charge in [-0.05, 0) is 43.2 Å². The Morgan fingerprint density at radius 1 is 1.38 bits per heavy atom. The Morgan fingerprint density at radius 3 is 2.90 bits per heavy atom. The van der Waals surface area contributed by atoms with Crippen molar-refractivity contribution >= 4 is 17.0 Å². The van der Waals surface area contributed by atoms with Crippen molar-refractivity contribution in [3.8, 4) is 0 Å². The first kappa shape index (κ1) is 12.2. The molecule has 4 rings (SSSR count). The third-order valence-electron chi connectivity index (χ3n) is 3.86. The molecule has 0 spiro atoms. The minimum atomic E-state index is -0.921. The van der Waals surface area contributed by atoms with Crippen LogP contribution in [-0.4, -0.2) is 20.6 Å². The molecule has 0 atom stereocenters. The molecule has 1 N–H and O–H groups in total. The van der Waals surface area contributed by atoms with E-state index in [0.29, 0.717) is 12.5 Å². The van der Waals surface area contributed by atoms with Crippen molar-refractivity contribution in [1.82, 2.24) is 9.55 Å². The number of furan rings is 1. The highest BCUT2D eigenvalue weighted by Gasteiger charge is 2.30. The normalized spacial score (nSPS) is 14.7. The summed E-state index contributed by atoms with van der Waals surface area (Å²) in [7, 11) is 0. The van der Waals surface area contributed by atoms with E-state index in [4.69, 9.17) is 4.42 Å². The molecule has 21 heavy (non-hydrogen) atoms. The lowest BCUT2D eigenvalue weighted by Crippen LogP contribution is -2.04. The number of aromatic nitrogens is 2. The maximum Gasteiger partial charge on any atom is 0.335 e. The lowest BCUT2D eigenvalue weighted by atomic mass is 10.2. The monoisotopic (exact) mass is 282 g/mol. The second-order valence-electron chi connectivity index (χ2n) is 5.42. The molecule has 106 valence electrons. The molecule has 0 aliphatic heterocycles. The first-order chi connectivity index (χ1) is 10.2. The molecule has 1 saturated carbocycles. The molecule has 1 aromatic carbocycles. The van der Waals surface area contributed by atoms with Gasteiger partial charge in [0, 0.05) is 5.92 Å². The highest BCUT2D eigenvalue weighted by atomic mass is 16.4. The van der Waals surface area contributed by atoms with E-state index >= 15 is 0 Å². The lowest BCUT2D eigenvalue weighted by molar-refractivity contribution is 0.0697. The van der Waals surface area contributed by atoms with Crippen LogP contribution in [-0.2, 0) is 6.54 Å². The molecule has 0 saturated heterocycles. The number of carbonyl (C=O) groups is 1. The number of hydrogen-bond donors (Lipinski definition) is 1. The van der Waals surface area contributed by atoms with Crippen molar-refractivity contribution < 1.29 is 14.3 Å². The summed E-state index contributed by atoms with van der Waals surface area (Å²) in [6.07, 6.45) is 3.94. The highest BCUT2D eigenvalue weighted by Crippen LogP contribution is 2.41. The molecule has 3 aromatic rings. The predicted octanol–water partition coefficient (Wildman–Crippen LogP) is 3.25. The number of carboxylic acids is 1. The first-order valence-electron chi connectivity index (χ1n) is 6.98. The Balaban J connectivity index is 1.88. The van der Waals surface area contributed by atoms with Crippen LogP contribution in [0.25, 0.3) is 11.0 Å². The second kappa shape index (κ2) is 4.48. The molecule has 2 heterocycles. The van der Waals surface area contributed by atoms with Crippen molar-refractivity contribution in [2.75, 3.05) is 0 Å². The van der Waals surface area contributed by atoms with Gasteiger partial charge in [-0.3, -0.25) is 0 Å². The molecular weight excluding hydrogens is 268 g/mol. The summed E-state index contributed by atoms with van der Waals surface area (Å²) >= 11 is 0. The van der Waals surface area contributed by atoms with Gasteiger partial charge in [0.2, 0.25) is 0 Å². The van der Waals surface area contributed by atoms with E-state index in [2.05, 4.69) is 9.55 Å². The van der Waals surface area contributed by atoms with Crippen molar-refractivity contribution in [2.45, 2.75) is 25.3 Å². The Labute approximate surface area is 120 Å². The summed E-state index contributed by atoms with van der Waals surface area (Å²) < 4.78 is 7.51. The maximum absolute atomic E-state index is 11.2. The highest BCUT2D eigenvalue weighted by molar-refractivity contribution is 5.92. The van der Waals surface area contributed by atoms with Crippen LogP contribution in [0.5, 0.6) is 0 Å². The largest absolute Gasteiger partial charge is 0.478 e. The smallest absolute Gasteiger partial charge is 0.335 e. The summed E-state index contributed by atoms with van der Waals surface area (Å²) in [5, 5.41) is 9.17. The zero-order valence-electron chi connectivity index (χ0n) is 11.3.